The number of alkyl halides is 1. The molecule has 0 saturated carbocycles. The van der Waals surface area contributed by atoms with Gasteiger partial charge in [-0.05, 0) is 0 Å². The Labute approximate surface area is 106 Å². The number of hydrogen-bond acceptors (Lipinski definition) is 4. The maximum absolute atomic E-state index is 4.38. The van der Waals surface area contributed by atoms with E-state index in [0.29, 0.717) is 15.6 Å². The van der Waals surface area contributed by atoms with Crippen LogP contribution in [0.5, 0.6) is 0 Å². The van der Waals surface area contributed by atoms with Crippen molar-refractivity contribution in [2.24, 2.45) is 0 Å². The van der Waals surface area contributed by atoms with Gasteiger partial charge in [0, 0.05) is 0 Å². The predicted molar refractivity (Wildman–Crippen MR) is 58.5 cm³/mol. The maximum atomic E-state index is 4.38. The normalized spacial score (nSPS) is 10.8. The molecule has 2 aromatic rings. The number of nitrogens with zero attached hydrogens (tertiary/aromatic N) is 4. The second kappa shape index (κ2) is 4.26. The van der Waals surface area contributed by atoms with Gasteiger partial charge in [0.1, 0.15) is 0 Å². The van der Waals surface area contributed by atoms with Gasteiger partial charge in [-0.2, -0.15) is 0 Å². The Morgan fingerprint density at radius 2 is 2.00 bits per heavy atom. The molecule has 0 bridgehead atoms. The van der Waals surface area contributed by atoms with Gasteiger partial charge in [0.25, 0.3) is 0 Å². The molecular weight excluding hydrogens is 370 g/mol. The molecule has 4 nitrogen and oxygen atoms in total. The van der Waals surface area contributed by atoms with Crippen LogP contribution in [-0.4, -0.2) is 53.6 Å². The van der Waals surface area contributed by atoms with Crippen molar-refractivity contribution in [2.75, 3.05) is 0 Å². The summed E-state index contributed by atoms with van der Waals surface area (Å²) in [6.45, 7) is 0. The molecule has 4 radical (unpaired) electrons. The van der Waals surface area contributed by atoms with Crippen LogP contribution in [0, 0.1) is 0 Å². The van der Waals surface area contributed by atoms with Crippen LogP contribution in [0.4, 0.5) is 0 Å². The summed E-state index contributed by atoms with van der Waals surface area (Å²) in [5, 5.41) is 0.687. The Bertz CT molecular complexity index is 490. The molecule has 14 heavy (non-hydrogen) atoms. The van der Waals surface area contributed by atoms with E-state index >= 15 is 0 Å². The molecule has 0 N–H and O–H groups in total. The number of fused-ring (bicyclic) bond motifs is 1. The van der Waals surface area contributed by atoms with E-state index in [1.165, 1.54) is 0 Å². The first kappa shape index (κ1) is 10.5. The summed E-state index contributed by atoms with van der Waals surface area (Å²) in [6, 6.07) is 0. The van der Waals surface area contributed by atoms with E-state index in [2.05, 4.69) is 69.6 Å². The van der Waals surface area contributed by atoms with Crippen LogP contribution in [0.3, 0.4) is 0 Å². The average Bonchev–Trinajstić information content (AvgIpc) is 2.17. The summed E-state index contributed by atoms with van der Waals surface area (Å²) < 4.78 is 1.45. The van der Waals surface area contributed by atoms with E-state index in [4.69, 9.17) is 0 Å². The van der Waals surface area contributed by atoms with Gasteiger partial charge in [0.2, 0.25) is 0 Å². The Morgan fingerprint density at radius 3 is 2.71 bits per heavy atom. The second-order valence-corrected chi connectivity index (χ2v) is 4.80. The zero-order valence-corrected chi connectivity index (χ0v) is 12.2. The minimum atomic E-state index is 0.635. The molecule has 0 amide bonds. The van der Waals surface area contributed by atoms with Crippen LogP contribution in [0.15, 0.2) is 6.20 Å². The van der Waals surface area contributed by atoms with Crippen molar-refractivity contribution in [1.29, 1.82) is 0 Å². The molecule has 0 aromatic carbocycles. The van der Waals surface area contributed by atoms with E-state index in [-0.39, 0.29) is 0 Å². The molecule has 68 valence electrons. The molecule has 0 aliphatic heterocycles. The van der Waals surface area contributed by atoms with E-state index in [9.17, 15) is 0 Å². The summed E-state index contributed by atoms with van der Waals surface area (Å²) in [6.07, 6.45) is 1.71. The Morgan fingerprint density at radius 1 is 1.21 bits per heavy atom. The van der Waals surface area contributed by atoms with Crippen LogP contribution in [0.2, 0.25) is 0 Å². The topological polar surface area (TPSA) is 51.6 Å². The third-order valence-corrected chi connectivity index (χ3v) is 3.21. The monoisotopic (exact) mass is 372 g/mol. The summed E-state index contributed by atoms with van der Waals surface area (Å²) >= 11 is 8.01. The van der Waals surface area contributed by atoms with Crippen molar-refractivity contribution >= 4 is 69.9 Å². The molecule has 2 rings (SSSR count). The van der Waals surface area contributed by atoms with Gasteiger partial charge in [-0.1, -0.05) is 0 Å². The van der Waals surface area contributed by atoms with E-state index < -0.39 is 0 Å². The first-order valence-electron chi connectivity index (χ1n) is 3.68. The molecular formula is C7H3As2BrN4. The first-order valence-corrected chi connectivity index (χ1v) is 6.68. The van der Waals surface area contributed by atoms with Crippen LogP contribution in [-0.2, 0) is 5.33 Å². The quantitative estimate of drug-likeness (QED) is 0.471. The number of halogens is 1. The molecule has 7 heteroatoms. The van der Waals surface area contributed by atoms with Crippen LogP contribution >= 0.6 is 15.9 Å². The van der Waals surface area contributed by atoms with Gasteiger partial charge in [-0.25, -0.2) is 0 Å². The third-order valence-electron chi connectivity index (χ3n) is 1.56. The van der Waals surface area contributed by atoms with Gasteiger partial charge in [0.05, 0.1) is 0 Å². The molecule has 0 saturated heterocycles. The van der Waals surface area contributed by atoms with Crippen molar-refractivity contribution in [3.8, 4) is 0 Å². The molecule has 0 atom stereocenters. The van der Waals surface area contributed by atoms with E-state index in [0.717, 1.165) is 15.7 Å². The standard InChI is InChI=1S/C7H3As2BrN4/c8-5-4-6(14-7(9)13-5)11-2-3(1-10)12-4/h2H,1H2. The molecule has 2 aromatic heterocycles. The minimum absolute atomic E-state index is 0.635. The molecule has 0 unspecified atom stereocenters. The molecule has 2 heterocycles. The Kier molecular flexibility index (Phi) is 3.20. The van der Waals surface area contributed by atoms with Crippen molar-refractivity contribution in [3.05, 3.63) is 11.9 Å². The fourth-order valence-electron chi connectivity index (χ4n) is 0.983. The van der Waals surface area contributed by atoms with E-state index in [1.54, 1.807) is 6.20 Å². The average molecular weight is 373 g/mol. The molecule has 0 aliphatic carbocycles. The van der Waals surface area contributed by atoms with Gasteiger partial charge in [-0.15, -0.1) is 0 Å². The number of rotatable bonds is 1. The van der Waals surface area contributed by atoms with Crippen molar-refractivity contribution in [1.82, 2.24) is 19.9 Å². The predicted octanol–water partition coefficient (Wildman–Crippen LogP) is -1.10. The van der Waals surface area contributed by atoms with Gasteiger partial charge in [-0.3, -0.25) is 0 Å². The first-order chi connectivity index (χ1) is 6.70. The van der Waals surface area contributed by atoms with Crippen molar-refractivity contribution in [2.45, 2.75) is 5.33 Å². The zero-order valence-electron chi connectivity index (χ0n) is 6.85. The summed E-state index contributed by atoms with van der Waals surface area (Å²) in [7, 11) is 0. The Balaban J connectivity index is 2.75. The third kappa shape index (κ3) is 2.00. The zero-order chi connectivity index (χ0) is 10.1. The fourth-order valence-corrected chi connectivity index (χ4v) is 2.55. The van der Waals surface area contributed by atoms with Crippen LogP contribution in [0.25, 0.3) is 11.2 Å². The summed E-state index contributed by atoms with van der Waals surface area (Å²) in [4.78, 5) is 17.0. The second-order valence-electron chi connectivity index (χ2n) is 2.51. The number of aromatic nitrogens is 4. The summed E-state index contributed by atoms with van der Waals surface area (Å²) in [5.41, 5.74) is 2.26. The number of hydrogen-bond donors (Lipinski definition) is 0. The van der Waals surface area contributed by atoms with Crippen LogP contribution in [0.1, 0.15) is 5.69 Å². The van der Waals surface area contributed by atoms with Gasteiger partial charge >= 0.3 is 107 Å². The SMILES string of the molecule is [As]c1nc([As])c2nc(CBr)cnc2n1. The fraction of sp³-hybridized carbons (Fsp3) is 0.143. The van der Waals surface area contributed by atoms with E-state index in [1.807, 2.05) is 0 Å². The summed E-state index contributed by atoms with van der Waals surface area (Å²) in [5.74, 6) is 0. The van der Waals surface area contributed by atoms with Crippen LogP contribution < -0.4 is 9.09 Å². The molecule has 0 spiro atoms. The molecule has 0 fully saturated rings. The van der Waals surface area contributed by atoms with Gasteiger partial charge < -0.3 is 0 Å². The van der Waals surface area contributed by atoms with Crippen molar-refractivity contribution in [3.63, 3.8) is 0 Å². The Hall–Kier alpha value is 0.0169. The molecule has 0 aliphatic rings. The van der Waals surface area contributed by atoms with Crippen molar-refractivity contribution < 1.29 is 0 Å². The van der Waals surface area contributed by atoms with Gasteiger partial charge in [0.15, 0.2) is 0 Å².